The Hall–Kier alpha value is -3.52. The molecule has 3 N–H and O–H groups in total. The summed E-state index contributed by atoms with van der Waals surface area (Å²) in [5.41, 5.74) is 2.11. The number of thiocarbonyl (C=S) groups is 1. The molecular weight excluding hydrogens is 390 g/mol. The van der Waals surface area contributed by atoms with Gasteiger partial charge >= 0.3 is 5.97 Å². The van der Waals surface area contributed by atoms with E-state index in [1.165, 1.54) is 0 Å². The lowest BCUT2D eigenvalue weighted by atomic mass is 10.2. The molecule has 150 valence electrons. The van der Waals surface area contributed by atoms with Crippen LogP contribution in [0.3, 0.4) is 0 Å². The van der Waals surface area contributed by atoms with Crippen molar-refractivity contribution in [1.29, 1.82) is 0 Å². The lowest BCUT2D eigenvalue weighted by Gasteiger charge is -2.09. The first-order chi connectivity index (χ1) is 14.0. The Kier molecular flexibility index (Phi) is 8.52. The monoisotopic (exact) mass is 411 g/mol. The van der Waals surface area contributed by atoms with Gasteiger partial charge in [-0.05, 0) is 49.0 Å². The Bertz CT molecular complexity index is 896. The molecule has 2 aromatic carbocycles. The Balaban J connectivity index is 1.81. The summed E-state index contributed by atoms with van der Waals surface area (Å²) in [6, 6.07) is 16.2. The highest BCUT2D eigenvalue weighted by molar-refractivity contribution is 7.80. The van der Waals surface area contributed by atoms with Gasteiger partial charge in [0.05, 0.1) is 6.61 Å². The molecule has 0 bridgehead atoms. The molecule has 0 radical (unpaired) electrons. The third kappa shape index (κ3) is 7.94. The van der Waals surface area contributed by atoms with Crippen molar-refractivity contribution in [2.24, 2.45) is 0 Å². The summed E-state index contributed by atoms with van der Waals surface area (Å²) in [6.07, 6.45) is 2.05. The average Bonchev–Trinajstić information content (AvgIpc) is 2.72. The molecule has 0 atom stereocenters. The highest BCUT2D eigenvalue weighted by Crippen LogP contribution is 2.10. The van der Waals surface area contributed by atoms with E-state index in [-0.39, 0.29) is 17.6 Å². The minimum atomic E-state index is -0.609. The second-order valence-corrected chi connectivity index (χ2v) is 6.18. The van der Waals surface area contributed by atoms with E-state index in [1.807, 2.05) is 30.3 Å². The van der Waals surface area contributed by atoms with Crippen molar-refractivity contribution in [3.05, 3.63) is 77.9 Å². The lowest BCUT2D eigenvalue weighted by molar-refractivity contribution is -0.137. The van der Waals surface area contributed by atoms with Crippen LogP contribution >= 0.6 is 12.2 Å². The van der Waals surface area contributed by atoms with Gasteiger partial charge in [-0.2, -0.15) is 0 Å². The van der Waals surface area contributed by atoms with Crippen LogP contribution in [0.1, 0.15) is 22.8 Å². The number of hydrogen-bond donors (Lipinski definition) is 3. The molecule has 0 aliphatic carbocycles. The van der Waals surface area contributed by atoms with Crippen molar-refractivity contribution in [1.82, 2.24) is 10.6 Å². The fourth-order valence-corrected chi connectivity index (χ4v) is 2.45. The Morgan fingerprint density at radius 2 is 1.69 bits per heavy atom. The van der Waals surface area contributed by atoms with Gasteiger partial charge in [0.15, 0.2) is 5.11 Å². The van der Waals surface area contributed by atoms with Gasteiger partial charge < -0.3 is 15.4 Å². The number of nitrogens with one attached hydrogen (secondary N) is 3. The summed E-state index contributed by atoms with van der Waals surface area (Å²) in [5.74, 6) is -1.37. The average molecular weight is 411 g/mol. The Morgan fingerprint density at radius 1 is 1.00 bits per heavy atom. The molecule has 0 aliphatic heterocycles. The van der Waals surface area contributed by atoms with E-state index >= 15 is 0 Å². The predicted octanol–water partition coefficient (Wildman–Crippen LogP) is 2.55. The molecule has 2 rings (SSSR count). The number of amides is 2. The second kappa shape index (κ2) is 11.4. The molecule has 0 heterocycles. The maximum absolute atomic E-state index is 12.2. The number of anilines is 1. The first-order valence-electron chi connectivity index (χ1n) is 8.87. The molecule has 0 saturated heterocycles. The zero-order valence-electron chi connectivity index (χ0n) is 15.8. The maximum Gasteiger partial charge on any atom is 0.330 e. The number of ether oxygens (including phenoxy) is 1. The van der Waals surface area contributed by atoms with Crippen molar-refractivity contribution >= 4 is 40.8 Å². The minimum absolute atomic E-state index is 0.0600. The van der Waals surface area contributed by atoms with Gasteiger partial charge in [-0.1, -0.05) is 30.3 Å². The van der Waals surface area contributed by atoms with E-state index in [2.05, 4.69) is 20.7 Å². The van der Waals surface area contributed by atoms with Crippen LogP contribution in [-0.4, -0.2) is 29.5 Å². The van der Waals surface area contributed by atoms with Crippen molar-refractivity contribution in [2.75, 3.05) is 11.9 Å². The van der Waals surface area contributed by atoms with Crippen LogP contribution < -0.4 is 16.0 Å². The van der Waals surface area contributed by atoms with Crippen LogP contribution in [0.4, 0.5) is 5.69 Å². The van der Waals surface area contributed by atoms with Gasteiger partial charge in [-0.25, -0.2) is 4.79 Å². The predicted molar refractivity (Wildman–Crippen MR) is 114 cm³/mol. The maximum atomic E-state index is 12.2. The van der Waals surface area contributed by atoms with Crippen LogP contribution in [0.25, 0.3) is 0 Å². The standard InChI is InChI=1S/C21H21N3O4S/c1-2-28-19(26)13-12-18(25)24-21(29)23-17-10-8-16(9-11-17)20(27)22-14-15-6-4-3-5-7-15/h3-13H,2,14H2,1H3,(H,22,27)(H2,23,24,25,29)/b13-12+. The minimum Gasteiger partial charge on any atom is -0.463 e. The van der Waals surface area contributed by atoms with Gasteiger partial charge in [0.2, 0.25) is 5.91 Å². The van der Waals surface area contributed by atoms with E-state index < -0.39 is 11.9 Å². The SMILES string of the molecule is CCOC(=O)/C=C/C(=O)NC(=S)Nc1ccc(C(=O)NCc2ccccc2)cc1. The third-order valence-electron chi connectivity index (χ3n) is 3.59. The van der Waals surface area contributed by atoms with Crippen LogP contribution in [0.2, 0.25) is 0 Å². The van der Waals surface area contributed by atoms with Crippen molar-refractivity contribution in [2.45, 2.75) is 13.5 Å². The summed E-state index contributed by atoms with van der Waals surface area (Å²) in [5, 5.41) is 8.14. The Labute approximate surface area is 174 Å². The van der Waals surface area contributed by atoms with Crippen LogP contribution in [0.15, 0.2) is 66.7 Å². The molecule has 0 fully saturated rings. The first-order valence-corrected chi connectivity index (χ1v) is 9.27. The molecular formula is C21H21N3O4S. The zero-order valence-corrected chi connectivity index (χ0v) is 16.6. The van der Waals surface area contributed by atoms with E-state index in [0.717, 1.165) is 17.7 Å². The van der Waals surface area contributed by atoms with Gasteiger partial charge in [0, 0.05) is 29.9 Å². The number of benzene rings is 2. The van der Waals surface area contributed by atoms with Crippen LogP contribution in [0, 0.1) is 0 Å². The number of carbonyl (C=O) groups excluding carboxylic acids is 3. The molecule has 8 heteroatoms. The molecule has 0 unspecified atom stereocenters. The first kappa shape index (κ1) is 21.8. The quantitative estimate of drug-likeness (QED) is 0.368. The molecule has 0 aromatic heterocycles. The summed E-state index contributed by atoms with van der Waals surface area (Å²) in [4.78, 5) is 35.1. The third-order valence-corrected chi connectivity index (χ3v) is 3.80. The number of esters is 1. The second-order valence-electron chi connectivity index (χ2n) is 5.77. The molecule has 7 nitrogen and oxygen atoms in total. The highest BCUT2D eigenvalue weighted by atomic mass is 32.1. The van der Waals surface area contributed by atoms with E-state index in [4.69, 9.17) is 12.2 Å². The zero-order chi connectivity index (χ0) is 21.1. The van der Waals surface area contributed by atoms with E-state index in [1.54, 1.807) is 31.2 Å². The van der Waals surface area contributed by atoms with Gasteiger partial charge in [-0.3, -0.25) is 14.9 Å². The van der Waals surface area contributed by atoms with Crippen LogP contribution in [0.5, 0.6) is 0 Å². The molecule has 2 aromatic rings. The molecule has 0 spiro atoms. The number of carbonyl (C=O) groups is 3. The molecule has 0 saturated carbocycles. The molecule has 0 aliphatic rings. The molecule has 29 heavy (non-hydrogen) atoms. The van der Waals surface area contributed by atoms with Gasteiger partial charge in [0.1, 0.15) is 0 Å². The van der Waals surface area contributed by atoms with Crippen molar-refractivity contribution < 1.29 is 19.1 Å². The van der Waals surface area contributed by atoms with Gasteiger partial charge in [-0.15, -0.1) is 0 Å². The number of hydrogen-bond acceptors (Lipinski definition) is 5. The van der Waals surface area contributed by atoms with Gasteiger partial charge in [0.25, 0.3) is 5.91 Å². The number of rotatable bonds is 7. The van der Waals surface area contributed by atoms with Crippen molar-refractivity contribution in [3.8, 4) is 0 Å². The summed E-state index contributed by atoms with van der Waals surface area (Å²) < 4.78 is 4.68. The van der Waals surface area contributed by atoms with E-state index in [9.17, 15) is 14.4 Å². The lowest BCUT2D eigenvalue weighted by Crippen LogP contribution is -2.33. The Morgan fingerprint density at radius 3 is 2.34 bits per heavy atom. The van der Waals surface area contributed by atoms with Crippen LogP contribution in [-0.2, 0) is 20.9 Å². The summed E-state index contributed by atoms with van der Waals surface area (Å²) >= 11 is 5.05. The van der Waals surface area contributed by atoms with E-state index in [0.29, 0.717) is 17.8 Å². The smallest absolute Gasteiger partial charge is 0.330 e. The largest absolute Gasteiger partial charge is 0.463 e. The topological polar surface area (TPSA) is 96.5 Å². The van der Waals surface area contributed by atoms with Crippen molar-refractivity contribution in [3.63, 3.8) is 0 Å². The highest BCUT2D eigenvalue weighted by Gasteiger charge is 2.07. The molecule has 2 amide bonds. The fourth-order valence-electron chi connectivity index (χ4n) is 2.24. The summed E-state index contributed by atoms with van der Waals surface area (Å²) in [7, 11) is 0. The summed E-state index contributed by atoms with van der Waals surface area (Å²) in [6.45, 7) is 2.34. The normalized spacial score (nSPS) is 10.2. The fraction of sp³-hybridized carbons (Fsp3) is 0.143.